The molecular formula is C17H16N4O2S. The van der Waals surface area contributed by atoms with E-state index in [9.17, 15) is 4.79 Å². The molecule has 0 aliphatic heterocycles. The lowest BCUT2D eigenvalue weighted by atomic mass is 10.2. The molecule has 24 heavy (non-hydrogen) atoms. The smallest absolute Gasteiger partial charge is 0.261 e. The number of pyridine rings is 1. The van der Waals surface area contributed by atoms with Gasteiger partial charge in [0.1, 0.15) is 11.4 Å². The zero-order valence-corrected chi connectivity index (χ0v) is 14.1. The summed E-state index contributed by atoms with van der Waals surface area (Å²) < 4.78 is 5.68. The number of hydrogen-bond acceptors (Lipinski definition) is 6. The molecule has 3 rings (SSSR count). The number of carbonyl (C=O) groups is 1. The molecular weight excluding hydrogens is 324 g/mol. The molecule has 0 radical (unpaired) electrons. The van der Waals surface area contributed by atoms with Crippen LogP contribution in [-0.2, 0) is 0 Å². The molecule has 3 aromatic rings. The van der Waals surface area contributed by atoms with E-state index in [1.165, 1.54) is 11.3 Å². The van der Waals surface area contributed by atoms with Crippen molar-refractivity contribution in [2.45, 2.75) is 20.0 Å². The van der Waals surface area contributed by atoms with E-state index in [0.29, 0.717) is 21.5 Å². The minimum absolute atomic E-state index is 0.0174. The summed E-state index contributed by atoms with van der Waals surface area (Å²) in [5, 5.41) is 11.9. The Balaban J connectivity index is 1.78. The molecule has 0 saturated heterocycles. The van der Waals surface area contributed by atoms with Crippen LogP contribution in [0.3, 0.4) is 0 Å². The third kappa shape index (κ3) is 3.75. The third-order valence-corrected chi connectivity index (χ3v) is 3.89. The van der Waals surface area contributed by atoms with Gasteiger partial charge in [0.2, 0.25) is 5.13 Å². The van der Waals surface area contributed by atoms with E-state index < -0.39 is 0 Å². The lowest BCUT2D eigenvalue weighted by Gasteiger charge is -2.13. The molecule has 0 bridgehead atoms. The maximum atomic E-state index is 12.5. The lowest BCUT2D eigenvalue weighted by molar-refractivity contribution is 0.102. The van der Waals surface area contributed by atoms with E-state index >= 15 is 0 Å². The predicted molar refractivity (Wildman–Crippen MR) is 93.3 cm³/mol. The maximum Gasteiger partial charge on any atom is 0.261 e. The maximum absolute atomic E-state index is 12.5. The Morgan fingerprint density at radius 2 is 1.92 bits per heavy atom. The van der Waals surface area contributed by atoms with Crippen molar-refractivity contribution in [3.8, 4) is 16.5 Å². The second-order valence-electron chi connectivity index (χ2n) is 5.24. The number of benzene rings is 1. The first-order chi connectivity index (χ1) is 11.6. The Hall–Kier alpha value is -2.80. The number of nitrogens with one attached hydrogen (secondary N) is 1. The van der Waals surface area contributed by atoms with Gasteiger partial charge in [-0.2, -0.15) is 0 Å². The van der Waals surface area contributed by atoms with E-state index in [1.54, 1.807) is 24.4 Å². The van der Waals surface area contributed by atoms with Gasteiger partial charge in [-0.15, -0.1) is 10.2 Å². The fourth-order valence-electron chi connectivity index (χ4n) is 2.04. The van der Waals surface area contributed by atoms with Crippen LogP contribution in [-0.4, -0.2) is 27.2 Å². The van der Waals surface area contributed by atoms with E-state index in [2.05, 4.69) is 20.5 Å². The average molecular weight is 340 g/mol. The quantitative estimate of drug-likeness (QED) is 0.767. The van der Waals surface area contributed by atoms with Crippen LogP contribution in [0.2, 0.25) is 0 Å². The summed E-state index contributed by atoms with van der Waals surface area (Å²) in [6, 6.07) is 12.7. The Labute approximate surface area is 143 Å². The number of carbonyl (C=O) groups excluding carboxylic acids is 1. The van der Waals surface area contributed by atoms with Crippen molar-refractivity contribution in [1.82, 2.24) is 15.2 Å². The molecule has 6 nitrogen and oxygen atoms in total. The second-order valence-corrected chi connectivity index (χ2v) is 6.22. The van der Waals surface area contributed by atoms with Crippen molar-refractivity contribution in [1.29, 1.82) is 0 Å². The molecule has 0 saturated carbocycles. The molecule has 1 amide bonds. The van der Waals surface area contributed by atoms with Crippen molar-refractivity contribution in [2.75, 3.05) is 5.32 Å². The van der Waals surface area contributed by atoms with Crippen LogP contribution < -0.4 is 10.1 Å². The standard InChI is InChI=1S/C17H16N4O2S/c1-11(2)23-14-9-4-3-7-12(14)15(22)19-17-21-20-16(24-17)13-8-5-6-10-18-13/h3-11H,1-2H3,(H,19,21,22). The Bertz CT molecular complexity index is 833. The third-order valence-electron chi connectivity index (χ3n) is 3.02. The minimum atomic E-state index is -0.282. The number of rotatable bonds is 5. The summed E-state index contributed by atoms with van der Waals surface area (Å²) in [6.07, 6.45) is 1.67. The Morgan fingerprint density at radius 3 is 2.67 bits per heavy atom. The molecule has 0 fully saturated rings. The fourth-order valence-corrected chi connectivity index (χ4v) is 2.76. The topological polar surface area (TPSA) is 77.0 Å². The van der Waals surface area contributed by atoms with Gasteiger partial charge < -0.3 is 4.74 Å². The van der Waals surface area contributed by atoms with E-state index in [4.69, 9.17) is 4.74 Å². The number of aromatic nitrogens is 3. The highest BCUT2D eigenvalue weighted by molar-refractivity contribution is 7.18. The van der Waals surface area contributed by atoms with Gasteiger partial charge in [-0.1, -0.05) is 29.5 Å². The van der Waals surface area contributed by atoms with Crippen molar-refractivity contribution in [3.63, 3.8) is 0 Å². The highest BCUT2D eigenvalue weighted by Crippen LogP contribution is 2.26. The molecule has 0 aliphatic carbocycles. The number of nitrogens with zero attached hydrogens (tertiary/aromatic N) is 3. The summed E-state index contributed by atoms with van der Waals surface area (Å²) in [5.41, 5.74) is 1.18. The van der Waals surface area contributed by atoms with Crippen molar-refractivity contribution < 1.29 is 9.53 Å². The van der Waals surface area contributed by atoms with Crippen LogP contribution in [0.25, 0.3) is 10.7 Å². The van der Waals surface area contributed by atoms with E-state index in [0.717, 1.165) is 5.69 Å². The van der Waals surface area contributed by atoms with Gasteiger partial charge in [-0.25, -0.2) is 0 Å². The van der Waals surface area contributed by atoms with Crippen LogP contribution in [0.5, 0.6) is 5.75 Å². The molecule has 0 unspecified atom stereocenters. The fraction of sp³-hybridized carbons (Fsp3) is 0.176. The zero-order chi connectivity index (χ0) is 16.9. The van der Waals surface area contributed by atoms with E-state index in [1.807, 2.05) is 38.1 Å². The van der Waals surface area contributed by atoms with Crippen LogP contribution in [0.1, 0.15) is 24.2 Å². The molecule has 7 heteroatoms. The number of anilines is 1. The van der Waals surface area contributed by atoms with Gasteiger partial charge in [0.05, 0.1) is 11.7 Å². The van der Waals surface area contributed by atoms with Crippen LogP contribution in [0, 0.1) is 0 Å². The summed E-state index contributed by atoms with van der Waals surface area (Å²) in [5.74, 6) is 0.259. The normalized spacial score (nSPS) is 10.6. The van der Waals surface area contributed by atoms with Gasteiger partial charge >= 0.3 is 0 Å². The first kappa shape index (κ1) is 16.1. The Morgan fingerprint density at radius 1 is 1.12 bits per heavy atom. The van der Waals surface area contributed by atoms with Gasteiger partial charge in [0, 0.05) is 6.20 Å². The average Bonchev–Trinajstić information content (AvgIpc) is 3.04. The van der Waals surface area contributed by atoms with Gasteiger partial charge in [0.25, 0.3) is 5.91 Å². The first-order valence-electron chi connectivity index (χ1n) is 7.45. The number of hydrogen-bond donors (Lipinski definition) is 1. The van der Waals surface area contributed by atoms with Gasteiger partial charge in [0.15, 0.2) is 5.01 Å². The SMILES string of the molecule is CC(C)Oc1ccccc1C(=O)Nc1nnc(-c2ccccn2)s1. The number of ether oxygens (including phenoxy) is 1. The summed E-state index contributed by atoms with van der Waals surface area (Å²) in [6.45, 7) is 3.83. The zero-order valence-electron chi connectivity index (χ0n) is 13.3. The van der Waals surface area contributed by atoms with Crippen molar-refractivity contribution in [2.24, 2.45) is 0 Å². The van der Waals surface area contributed by atoms with Gasteiger partial charge in [-0.05, 0) is 38.1 Å². The van der Waals surface area contributed by atoms with E-state index in [-0.39, 0.29) is 12.0 Å². The molecule has 0 aliphatic rings. The summed E-state index contributed by atoms with van der Waals surface area (Å²) in [4.78, 5) is 16.7. The first-order valence-corrected chi connectivity index (χ1v) is 8.27. The van der Waals surface area contributed by atoms with Gasteiger partial charge in [-0.3, -0.25) is 15.1 Å². The summed E-state index contributed by atoms with van der Waals surface area (Å²) >= 11 is 1.27. The molecule has 1 N–H and O–H groups in total. The highest BCUT2D eigenvalue weighted by Gasteiger charge is 2.16. The molecule has 1 aromatic carbocycles. The van der Waals surface area contributed by atoms with Crippen LogP contribution in [0.4, 0.5) is 5.13 Å². The number of para-hydroxylation sites is 1. The molecule has 0 atom stereocenters. The molecule has 2 heterocycles. The van der Waals surface area contributed by atoms with Crippen molar-refractivity contribution >= 4 is 22.4 Å². The molecule has 2 aromatic heterocycles. The predicted octanol–water partition coefficient (Wildman–Crippen LogP) is 3.64. The lowest BCUT2D eigenvalue weighted by Crippen LogP contribution is -2.15. The molecule has 0 spiro atoms. The summed E-state index contributed by atoms with van der Waals surface area (Å²) in [7, 11) is 0. The second kappa shape index (κ2) is 7.18. The number of amides is 1. The minimum Gasteiger partial charge on any atom is -0.490 e. The van der Waals surface area contributed by atoms with Crippen molar-refractivity contribution in [3.05, 3.63) is 54.2 Å². The van der Waals surface area contributed by atoms with Crippen LogP contribution >= 0.6 is 11.3 Å². The Kier molecular flexibility index (Phi) is 4.81. The highest BCUT2D eigenvalue weighted by atomic mass is 32.1. The largest absolute Gasteiger partial charge is 0.490 e. The molecule has 122 valence electrons. The monoisotopic (exact) mass is 340 g/mol. The van der Waals surface area contributed by atoms with Crippen LogP contribution in [0.15, 0.2) is 48.7 Å².